The van der Waals surface area contributed by atoms with Crippen molar-refractivity contribution in [3.63, 3.8) is 0 Å². The van der Waals surface area contributed by atoms with E-state index >= 15 is 0 Å². The second-order valence-electron chi connectivity index (χ2n) is 3.40. The van der Waals surface area contributed by atoms with E-state index in [2.05, 4.69) is 38.4 Å². The highest BCUT2D eigenvalue weighted by molar-refractivity contribution is 9.11. The van der Waals surface area contributed by atoms with Crippen LogP contribution >= 0.6 is 42.5 Å². The van der Waals surface area contributed by atoms with E-state index in [0.717, 1.165) is 5.57 Å². The minimum Gasteiger partial charge on any atom is -0.487 e. The topological polar surface area (TPSA) is 43.4 Å². The van der Waals surface area contributed by atoms with Crippen LogP contribution in [0.1, 0.15) is 6.92 Å². The lowest BCUT2D eigenvalue weighted by Crippen LogP contribution is -2.00. The maximum absolute atomic E-state index is 11.2. The van der Waals surface area contributed by atoms with Gasteiger partial charge in [0, 0.05) is 10.7 Å². The molecule has 0 fully saturated rings. The molecule has 7 heteroatoms. The molecule has 1 aromatic carbocycles. The normalized spacial score (nSPS) is 11.3. The Hall–Kier alpha value is -0.0400. The van der Waals surface area contributed by atoms with Crippen LogP contribution in [0.2, 0.25) is 0 Å². The van der Waals surface area contributed by atoms with Gasteiger partial charge in [0.05, 0.1) is 13.8 Å². The number of rotatable bonds is 4. The van der Waals surface area contributed by atoms with E-state index in [9.17, 15) is 8.42 Å². The Morgan fingerprint density at radius 3 is 2.24 bits per heavy atom. The predicted molar refractivity (Wildman–Crippen MR) is 75.2 cm³/mol. The molecule has 17 heavy (non-hydrogen) atoms. The van der Waals surface area contributed by atoms with Gasteiger partial charge in [-0.15, -0.1) is 0 Å². The minimum atomic E-state index is -3.76. The molecule has 0 bridgehead atoms. The average Bonchev–Trinajstić information content (AvgIpc) is 2.14. The maximum Gasteiger partial charge on any atom is 0.261 e. The summed E-state index contributed by atoms with van der Waals surface area (Å²) in [7, 11) is 1.50. The van der Waals surface area contributed by atoms with E-state index in [1.54, 1.807) is 0 Å². The second-order valence-corrected chi connectivity index (χ2v) is 7.67. The Balaban J connectivity index is 3.15. The van der Waals surface area contributed by atoms with Crippen LogP contribution in [0.3, 0.4) is 0 Å². The van der Waals surface area contributed by atoms with Crippen molar-refractivity contribution < 1.29 is 13.2 Å². The first kappa shape index (κ1) is 15.0. The SMILES string of the molecule is C=C(C)COc1c(Br)cc(S(=O)(=O)Cl)cc1Br. The summed E-state index contributed by atoms with van der Waals surface area (Å²) in [5.74, 6) is 0.511. The Labute approximate surface area is 121 Å². The molecule has 0 aliphatic rings. The summed E-state index contributed by atoms with van der Waals surface area (Å²) in [5.41, 5.74) is 0.859. The zero-order chi connectivity index (χ0) is 13.2. The van der Waals surface area contributed by atoms with Crippen LogP contribution in [0, 0.1) is 0 Å². The highest BCUT2D eigenvalue weighted by Gasteiger charge is 2.16. The predicted octanol–water partition coefficient (Wildman–Crippen LogP) is 4.09. The van der Waals surface area contributed by atoms with E-state index in [4.69, 9.17) is 15.4 Å². The fourth-order valence-corrected chi connectivity index (χ4v) is 3.51. The van der Waals surface area contributed by atoms with Crippen LogP contribution in [-0.2, 0) is 9.05 Å². The number of hydrogen-bond donors (Lipinski definition) is 0. The van der Waals surface area contributed by atoms with Crippen molar-refractivity contribution >= 4 is 51.6 Å². The molecule has 0 radical (unpaired) electrons. The Morgan fingerprint density at radius 2 is 1.88 bits per heavy atom. The Bertz CT molecular complexity index is 532. The van der Waals surface area contributed by atoms with Gasteiger partial charge in [0.1, 0.15) is 12.4 Å². The monoisotopic (exact) mass is 402 g/mol. The second kappa shape index (κ2) is 5.73. The van der Waals surface area contributed by atoms with Gasteiger partial charge in [0.2, 0.25) is 0 Å². The lowest BCUT2D eigenvalue weighted by Gasteiger charge is -2.11. The molecule has 0 unspecified atom stereocenters. The molecule has 0 aliphatic carbocycles. The lowest BCUT2D eigenvalue weighted by atomic mass is 10.3. The Morgan fingerprint density at radius 1 is 1.41 bits per heavy atom. The Kier molecular flexibility index (Phi) is 5.07. The highest BCUT2D eigenvalue weighted by Crippen LogP contribution is 2.37. The minimum absolute atomic E-state index is 0.000548. The van der Waals surface area contributed by atoms with Gasteiger partial charge < -0.3 is 4.74 Å². The molecule has 0 N–H and O–H groups in total. The molecule has 0 atom stereocenters. The van der Waals surface area contributed by atoms with Gasteiger partial charge in [-0.3, -0.25) is 0 Å². The third kappa shape index (κ3) is 4.28. The largest absolute Gasteiger partial charge is 0.487 e. The maximum atomic E-state index is 11.2. The fourth-order valence-electron chi connectivity index (χ4n) is 1.01. The molecule has 0 amide bonds. The van der Waals surface area contributed by atoms with Gasteiger partial charge in [-0.1, -0.05) is 6.58 Å². The third-order valence-corrected chi connectivity index (χ3v) is 4.23. The van der Waals surface area contributed by atoms with Crippen molar-refractivity contribution in [3.05, 3.63) is 33.2 Å². The number of ether oxygens (including phenoxy) is 1. The molecule has 0 heterocycles. The molecule has 94 valence electrons. The highest BCUT2D eigenvalue weighted by atomic mass is 79.9. The van der Waals surface area contributed by atoms with Gasteiger partial charge in [0.25, 0.3) is 9.05 Å². The summed E-state index contributed by atoms with van der Waals surface area (Å²) in [4.78, 5) is 0.000548. The quantitative estimate of drug-likeness (QED) is 0.561. The van der Waals surface area contributed by atoms with E-state index in [-0.39, 0.29) is 4.90 Å². The molecular weight excluding hydrogens is 395 g/mol. The summed E-state index contributed by atoms with van der Waals surface area (Å²) in [6.45, 7) is 5.90. The van der Waals surface area contributed by atoms with Gasteiger partial charge in [0.15, 0.2) is 0 Å². The molecule has 0 spiro atoms. The van der Waals surface area contributed by atoms with Crippen LogP contribution < -0.4 is 4.74 Å². The summed E-state index contributed by atoms with van der Waals surface area (Å²) in [5, 5.41) is 0. The van der Waals surface area contributed by atoms with Crippen LogP contribution in [0.4, 0.5) is 0 Å². The molecule has 0 aliphatic heterocycles. The number of hydrogen-bond acceptors (Lipinski definition) is 3. The number of benzene rings is 1. The van der Waals surface area contributed by atoms with Crippen LogP contribution in [-0.4, -0.2) is 15.0 Å². The molecule has 3 nitrogen and oxygen atoms in total. The smallest absolute Gasteiger partial charge is 0.261 e. The summed E-state index contributed by atoms with van der Waals surface area (Å²) >= 11 is 6.47. The van der Waals surface area contributed by atoms with Crippen LogP contribution in [0.15, 0.2) is 38.1 Å². The molecule has 0 saturated carbocycles. The fraction of sp³-hybridized carbons (Fsp3) is 0.200. The van der Waals surface area contributed by atoms with Gasteiger partial charge >= 0.3 is 0 Å². The summed E-state index contributed by atoms with van der Waals surface area (Å²) in [6.07, 6.45) is 0. The van der Waals surface area contributed by atoms with Crippen molar-refractivity contribution in [2.24, 2.45) is 0 Å². The van der Waals surface area contributed by atoms with Crippen molar-refractivity contribution in [2.45, 2.75) is 11.8 Å². The van der Waals surface area contributed by atoms with Crippen LogP contribution in [0.25, 0.3) is 0 Å². The molecular formula is C10H9Br2ClO3S. The third-order valence-electron chi connectivity index (χ3n) is 1.72. The van der Waals surface area contributed by atoms with E-state index in [1.807, 2.05) is 6.92 Å². The van der Waals surface area contributed by atoms with Crippen molar-refractivity contribution in [1.82, 2.24) is 0 Å². The molecule has 1 aromatic rings. The van der Waals surface area contributed by atoms with E-state index in [1.165, 1.54) is 12.1 Å². The van der Waals surface area contributed by atoms with Crippen LogP contribution in [0.5, 0.6) is 5.75 Å². The van der Waals surface area contributed by atoms with Crippen molar-refractivity contribution in [2.75, 3.05) is 6.61 Å². The van der Waals surface area contributed by atoms with Gasteiger partial charge in [-0.2, -0.15) is 0 Å². The number of halogens is 3. The van der Waals surface area contributed by atoms with Crippen molar-refractivity contribution in [1.29, 1.82) is 0 Å². The van der Waals surface area contributed by atoms with Gasteiger partial charge in [-0.05, 0) is 56.5 Å². The summed E-state index contributed by atoms with van der Waals surface area (Å²) < 4.78 is 28.8. The first-order valence-corrected chi connectivity index (χ1v) is 8.32. The van der Waals surface area contributed by atoms with E-state index in [0.29, 0.717) is 21.3 Å². The zero-order valence-corrected chi connectivity index (χ0v) is 13.6. The average molecular weight is 405 g/mol. The van der Waals surface area contributed by atoms with E-state index < -0.39 is 9.05 Å². The summed E-state index contributed by atoms with van der Waals surface area (Å²) in [6, 6.07) is 2.78. The molecule has 0 aromatic heterocycles. The first-order chi connectivity index (χ1) is 7.71. The molecule has 1 rings (SSSR count). The zero-order valence-electron chi connectivity index (χ0n) is 8.84. The standard InChI is InChI=1S/C10H9Br2ClO3S/c1-6(2)5-16-10-8(11)3-7(4-9(10)12)17(13,14)15/h3-4H,1,5H2,2H3. The lowest BCUT2D eigenvalue weighted by molar-refractivity contribution is 0.348. The molecule has 0 saturated heterocycles. The van der Waals surface area contributed by atoms with Crippen molar-refractivity contribution in [3.8, 4) is 5.75 Å². The van der Waals surface area contributed by atoms with Gasteiger partial charge in [-0.25, -0.2) is 8.42 Å². The first-order valence-electron chi connectivity index (χ1n) is 4.42.